The molecule has 0 bridgehead atoms. The molecular weight excluding hydrogens is 264 g/mol. The Morgan fingerprint density at radius 2 is 2.12 bits per heavy atom. The van der Waals surface area contributed by atoms with Crippen LogP contribution in [0.25, 0.3) is 0 Å². The van der Waals surface area contributed by atoms with Crippen LogP contribution in [-0.4, -0.2) is 50.8 Å². The molecule has 2 saturated heterocycles. The van der Waals surface area contributed by atoms with Crippen LogP contribution in [-0.2, 0) is 14.8 Å². The third-order valence-corrected chi connectivity index (χ3v) is 5.31. The lowest BCUT2D eigenvalue weighted by atomic mass is 10.1. The van der Waals surface area contributed by atoms with E-state index in [4.69, 9.17) is 10.5 Å². The highest BCUT2D eigenvalue weighted by Crippen LogP contribution is 2.21. The number of hydrogen-bond acceptors (Lipinski definition) is 4. The smallest absolute Gasteiger partial charge is 0.216 e. The molecule has 0 amide bonds. The topological polar surface area (TPSA) is 72.6 Å². The van der Waals surface area contributed by atoms with Gasteiger partial charge in [0.05, 0.1) is 11.9 Å². The maximum absolute atomic E-state index is 12.1. The average Bonchev–Trinajstić information content (AvgIpc) is 2.85. The van der Waals surface area contributed by atoms with Crippen molar-refractivity contribution in [3.63, 3.8) is 0 Å². The molecule has 2 fully saturated rings. The largest absolute Gasteiger partial charge is 0.377 e. The maximum Gasteiger partial charge on any atom is 0.216 e. The molecule has 0 saturated carbocycles. The summed E-state index contributed by atoms with van der Waals surface area (Å²) >= 11 is 0. The molecule has 0 aromatic rings. The minimum Gasteiger partial charge on any atom is -0.377 e. The van der Waals surface area contributed by atoms with Crippen LogP contribution >= 0.6 is 12.4 Å². The van der Waals surface area contributed by atoms with E-state index in [1.165, 1.54) is 0 Å². The van der Waals surface area contributed by atoms with Gasteiger partial charge in [-0.1, -0.05) is 0 Å². The number of nitrogens with two attached hydrogens (primary N) is 1. The molecule has 0 aromatic heterocycles. The zero-order chi connectivity index (χ0) is 11.6. The van der Waals surface area contributed by atoms with E-state index >= 15 is 0 Å². The fraction of sp³-hybridized carbons (Fsp3) is 1.00. The second-order valence-corrected chi connectivity index (χ2v) is 6.68. The Bertz CT molecular complexity index is 330. The van der Waals surface area contributed by atoms with Gasteiger partial charge in [0.1, 0.15) is 0 Å². The number of ether oxygens (including phenoxy) is 1. The van der Waals surface area contributed by atoms with Crippen LogP contribution in [0.5, 0.6) is 0 Å². The van der Waals surface area contributed by atoms with E-state index < -0.39 is 10.0 Å². The van der Waals surface area contributed by atoms with Gasteiger partial charge in [-0.05, 0) is 31.7 Å². The van der Waals surface area contributed by atoms with Gasteiger partial charge in [-0.15, -0.1) is 12.4 Å². The second kappa shape index (κ2) is 6.33. The van der Waals surface area contributed by atoms with Crippen LogP contribution < -0.4 is 5.73 Å². The van der Waals surface area contributed by atoms with Crippen molar-refractivity contribution >= 4 is 22.4 Å². The highest BCUT2D eigenvalue weighted by molar-refractivity contribution is 7.89. The molecule has 17 heavy (non-hydrogen) atoms. The van der Waals surface area contributed by atoms with E-state index in [0.29, 0.717) is 32.2 Å². The lowest BCUT2D eigenvalue weighted by Crippen LogP contribution is -2.35. The number of nitrogens with zero attached hydrogens (tertiary/aromatic N) is 1. The molecule has 2 atom stereocenters. The minimum atomic E-state index is -3.13. The van der Waals surface area contributed by atoms with Crippen LogP contribution in [0.4, 0.5) is 0 Å². The Balaban J connectivity index is 0.00000144. The standard InChI is InChI=1S/C10H20N2O3S.ClH/c11-6-9-3-4-12(7-9)16(13,14)8-10-2-1-5-15-10;/h9-10H,1-8,11H2;1H. The SMILES string of the molecule is Cl.NCC1CCN(S(=O)(=O)CC2CCCO2)C1. The summed E-state index contributed by atoms with van der Waals surface area (Å²) in [4.78, 5) is 0. The molecule has 2 aliphatic rings. The number of rotatable bonds is 4. The van der Waals surface area contributed by atoms with Gasteiger partial charge in [0.2, 0.25) is 10.0 Å². The average molecular weight is 285 g/mol. The Labute approximate surface area is 109 Å². The first-order chi connectivity index (χ1) is 7.62. The summed E-state index contributed by atoms with van der Waals surface area (Å²) < 4.78 is 31.1. The van der Waals surface area contributed by atoms with Crippen molar-refractivity contribution in [2.45, 2.75) is 25.4 Å². The summed E-state index contributed by atoms with van der Waals surface area (Å²) in [6, 6.07) is 0. The maximum atomic E-state index is 12.1. The third kappa shape index (κ3) is 3.79. The molecule has 2 N–H and O–H groups in total. The van der Waals surface area contributed by atoms with E-state index in [-0.39, 0.29) is 24.3 Å². The first-order valence-corrected chi connectivity index (χ1v) is 7.52. The molecule has 2 heterocycles. The molecule has 2 rings (SSSR count). The molecule has 0 aliphatic carbocycles. The number of halogens is 1. The molecule has 2 unspecified atom stereocenters. The van der Waals surface area contributed by atoms with E-state index in [0.717, 1.165) is 19.3 Å². The van der Waals surface area contributed by atoms with Crippen molar-refractivity contribution in [3.8, 4) is 0 Å². The van der Waals surface area contributed by atoms with Crippen molar-refractivity contribution in [2.24, 2.45) is 11.7 Å². The second-order valence-electron chi connectivity index (χ2n) is 4.66. The van der Waals surface area contributed by atoms with Gasteiger partial charge in [0, 0.05) is 19.7 Å². The van der Waals surface area contributed by atoms with Gasteiger partial charge in [-0.2, -0.15) is 0 Å². The molecule has 0 aromatic carbocycles. The minimum absolute atomic E-state index is 0. The first-order valence-electron chi connectivity index (χ1n) is 5.91. The van der Waals surface area contributed by atoms with Crippen molar-refractivity contribution in [1.29, 1.82) is 0 Å². The zero-order valence-corrected chi connectivity index (χ0v) is 11.5. The fourth-order valence-corrected chi connectivity index (χ4v) is 4.12. The molecule has 2 aliphatic heterocycles. The highest BCUT2D eigenvalue weighted by Gasteiger charge is 2.33. The van der Waals surface area contributed by atoms with Crippen LogP contribution in [0.2, 0.25) is 0 Å². The monoisotopic (exact) mass is 284 g/mol. The lowest BCUT2D eigenvalue weighted by Gasteiger charge is -2.18. The Kier molecular flexibility index (Phi) is 5.66. The van der Waals surface area contributed by atoms with Crippen molar-refractivity contribution in [2.75, 3.05) is 32.0 Å². The predicted molar refractivity (Wildman–Crippen MR) is 68.7 cm³/mol. The lowest BCUT2D eigenvalue weighted by molar-refractivity contribution is 0.126. The summed E-state index contributed by atoms with van der Waals surface area (Å²) in [5.41, 5.74) is 5.56. The van der Waals surface area contributed by atoms with Crippen LogP contribution in [0.3, 0.4) is 0 Å². The summed E-state index contributed by atoms with van der Waals surface area (Å²) in [7, 11) is -3.13. The molecule has 0 radical (unpaired) electrons. The van der Waals surface area contributed by atoms with Crippen molar-refractivity contribution in [1.82, 2.24) is 4.31 Å². The van der Waals surface area contributed by atoms with Gasteiger partial charge in [-0.25, -0.2) is 12.7 Å². The summed E-state index contributed by atoms with van der Waals surface area (Å²) in [5.74, 6) is 0.476. The summed E-state index contributed by atoms with van der Waals surface area (Å²) in [5, 5.41) is 0. The zero-order valence-electron chi connectivity index (χ0n) is 9.88. The van der Waals surface area contributed by atoms with Gasteiger partial charge in [-0.3, -0.25) is 0 Å². The molecule has 5 nitrogen and oxygen atoms in total. The van der Waals surface area contributed by atoms with Gasteiger partial charge in [0.25, 0.3) is 0 Å². The summed E-state index contributed by atoms with van der Waals surface area (Å²) in [6.45, 7) is 2.49. The Morgan fingerprint density at radius 3 is 2.65 bits per heavy atom. The Morgan fingerprint density at radius 1 is 1.35 bits per heavy atom. The van der Waals surface area contributed by atoms with Gasteiger partial charge < -0.3 is 10.5 Å². The quantitative estimate of drug-likeness (QED) is 0.800. The third-order valence-electron chi connectivity index (χ3n) is 3.40. The van der Waals surface area contributed by atoms with Gasteiger partial charge in [0.15, 0.2) is 0 Å². The summed E-state index contributed by atoms with van der Waals surface area (Å²) in [6.07, 6.45) is 2.64. The van der Waals surface area contributed by atoms with E-state index in [9.17, 15) is 8.42 Å². The van der Waals surface area contributed by atoms with E-state index in [2.05, 4.69) is 0 Å². The molecule has 102 valence electrons. The van der Waals surface area contributed by atoms with Crippen molar-refractivity contribution < 1.29 is 13.2 Å². The van der Waals surface area contributed by atoms with Crippen LogP contribution in [0, 0.1) is 5.92 Å². The number of hydrogen-bond donors (Lipinski definition) is 1. The highest BCUT2D eigenvalue weighted by atomic mass is 35.5. The van der Waals surface area contributed by atoms with Crippen LogP contribution in [0.1, 0.15) is 19.3 Å². The van der Waals surface area contributed by atoms with E-state index in [1.807, 2.05) is 0 Å². The molecular formula is C10H21ClN2O3S. The van der Waals surface area contributed by atoms with Gasteiger partial charge >= 0.3 is 0 Å². The van der Waals surface area contributed by atoms with Crippen LogP contribution in [0.15, 0.2) is 0 Å². The van der Waals surface area contributed by atoms with E-state index in [1.54, 1.807) is 4.31 Å². The normalized spacial score (nSPS) is 30.4. The van der Waals surface area contributed by atoms with Crippen molar-refractivity contribution in [3.05, 3.63) is 0 Å². The Hall–Kier alpha value is 0.120. The number of sulfonamides is 1. The fourth-order valence-electron chi connectivity index (χ4n) is 2.36. The first kappa shape index (κ1) is 15.2. The molecule has 7 heteroatoms. The predicted octanol–water partition coefficient (Wildman–Crippen LogP) is 0.198. The molecule has 0 spiro atoms.